The van der Waals surface area contributed by atoms with E-state index in [2.05, 4.69) is 18.9 Å². The van der Waals surface area contributed by atoms with Crippen molar-refractivity contribution in [1.82, 2.24) is 14.7 Å². The normalized spacial score (nSPS) is 15.3. The van der Waals surface area contributed by atoms with Crippen LogP contribution >= 0.6 is 0 Å². The molecule has 0 atom stereocenters. The van der Waals surface area contributed by atoms with E-state index in [4.69, 9.17) is 9.47 Å². The number of rotatable bonds is 5. The molecule has 1 aromatic heterocycles. The van der Waals surface area contributed by atoms with Crippen LogP contribution in [0.25, 0.3) is 0 Å². The molecule has 0 aliphatic carbocycles. The Labute approximate surface area is 154 Å². The summed E-state index contributed by atoms with van der Waals surface area (Å²) in [7, 11) is 3.47. The Morgan fingerprint density at radius 3 is 2.42 bits per heavy atom. The SMILES string of the molecule is COc1ccccc1OC1CCN(C(=O)c2cc(C(C)C)nn2C)CC1. The third-order valence-corrected chi connectivity index (χ3v) is 4.80. The van der Waals surface area contributed by atoms with E-state index in [1.54, 1.807) is 11.8 Å². The van der Waals surface area contributed by atoms with E-state index in [0.717, 1.165) is 30.0 Å². The summed E-state index contributed by atoms with van der Waals surface area (Å²) < 4.78 is 13.1. The number of piperidine rings is 1. The molecule has 3 rings (SSSR count). The molecule has 6 heteroatoms. The Bertz CT molecular complexity index is 761. The van der Waals surface area contributed by atoms with Gasteiger partial charge in [-0.25, -0.2) is 0 Å². The number of benzene rings is 1. The van der Waals surface area contributed by atoms with Crippen LogP contribution in [-0.2, 0) is 7.05 Å². The zero-order chi connectivity index (χ0) is 18.7. The first kappa shape index (κ1) is 18.3. The molecule has 1 amide bonds. The van der Waals surface area contributed by atoms with E-state index in [9.17, 15) is 4.79 Å². The molecule has 0 bridgehead atoms. The Morgan fingerprint density at radius 2 is 1.85 bits per heavy atom. The molecule has 0 unspecified atom stereocenters. The maximum absolute atomic E-state index is 12.8. The fourth-order valence-corrected chi connectivity index (χ4v) is 3.21. The van der Waals surface area contributed by atoms with Gasteiger partial charge in [0, 0.05) is 33.0 Å². The largest absolute Gasteiger partial charge is 0.493 e. The smallest absolute Gasteiger partial charge is 0.272 e. The Morgan fingerprint density at radius 1 is 1.19 bits per heavy atom. The average molecular weight is 357 g/mol. The highest BCUT2D eigenvalue weighted by atomic mass is 16.5. The molecule has 26 heavy (non-hydrogen) atoms. The zero-order valence-electron chi connectivity index (χ0n) is 15.9. The summed E-state index contributed by atoms with van der Waals surface area (Å²) in [4.78, 5) is 14.7. The maximum Gasteiger partial charge on any atom is 0.272 e. The third-order valence-electron chi connectivity index (χ3n) is 4.80. The number of aryl methyl sites for hydroxylation is 1. The molecule has 1 fully saturated rings. The van der Waals surface area contributed by atoms with Gasteiger partial charge in [0.2, 0.25) is 0 Å². The second-order valence-electron chi connectivity index (χ2n) is 6.99. The van der Waals surface area contributed by atoms with Crippen molar-refractivity contribution in [2.24, 2.45) is 7.05 Å². The van der Waals surface area contributed by atoms with Gasteiger partial charge in [-0.05, 0) is 24.1 Å². The predicted octanol–water partition coefficient (Wildman–Crippen LogP) is 3.24. The molecule has 0 spiro atoms. The van der Waals surface area contributed by atoms with Crippen molar-refractivity contribution in [3.05, 3.63) is 41.7 Å². The number of hydrogen-bond donors (Lipinski definition) is 0. The van der Waals surface area contributed by atoms with Gasteiger partial charge in [-0.15, -0.1) is 0 Å². The summed E-state index contributed by atoms with van der Waals surface area (Å²) in [6, 6.07) is 9.57. The van der Waals surface area contributed by atoms with Crippen LogP contribution in [0, 0.1) is 0 Å². The topological polar surface area (TPSA) is 56.6 Å². The maximum atomic E-state index is 12.8. The lowest BCUT2D eigenvalue weighted by molar-refractivity contribution is 0.0580. The number of aromatic nitrogens is 2. The lowest BCUT2D eigenvalue weighted by Gasteiger charge is -2.32. The van der Waals surface area contributed by atoms with Gasteiger partial charge in [0.05, 0.1) is 12.8 Å². The van der Waals surface area contributed by atoms with Gasteiger partial charge in [0.15, 0.2) is 11.5 Å². The Balaban J connectivity index is 1.60. The van der Waals surface area contributed by atoms with Gasteiger partial charge in [-0.3, -0.25) is 9.48 Å². The minimum absolute atomic E-state index is 0.0441. The van der Waals surface area contributed by atoms with Crippen LogP contribution in [0.2, 0.25) is 0 Å². The number of nitrogens with zero attached hydrogens (tertiary/aromatic N) is 3. The Kier molecular flexibility index (Phi) is 5.49. The van der Waals surface area contributed by atoms with Crippen molar-refractivity contribution < 1.29 is 14.3 Å². The van der Waals surface area contributed by atoms with Crippen molar-refractivity contribution in [3.63, 3.8) is 0 Å². The highest BCUT2D eigenvalue weighted by Crippen LogP contribution is 2.29. The van der Waals surface area contributed by atoms with Gasteiger partial charge in [0.25, 0.3) is 5.91 Å². The van der Waals surface area contributed by atoms with E-state index in [1.165, 1.54) is 0 Å². The van der Waals surface area contributed by atoms with Gasteiger partial charge in [-0.1, -0.05) is 26.0 Å². The van der Waals surface area contributed by atoms with Crippen molar-refractivity contribution >= 4 is 5.91 Å². The van der Waals surface area contributed by atoms with Crippen LogP contribution < -0.4 is 9.47 Å². The third kappa shape index (κ3) is 3.84. The second kappa shape index (κ2) is 7.81. The summed E-state index contributed by atoms with van der Waals surface area (Å²) in [5.41, 5.74) is 1.60. The number of carbonyl (C=O) groups excluding carboxylic acids is 1. The fraction of sp³-hybridized carbons (Fsp3) is 0.500. The van der Waals surface area contributed by atoms with E-state index in [-0.39, 0.29) is 12.0 Å². The van der Waals surface area contributed by atoms with Crippen molar-refractivity contribution in [3.8, 4) is 11.5 Å². The first-order chi connectivity index (χ1) is 12.5. The van der Waals surface area contributed by atoms with E-state index < -0.39 is 0 Å². The van der Waals surface area contributed by atoms with Gasteiger partial charge >= 0.3 is 0 Å². The number of ether oxygens (including phenoxy) is 2. The molecule has 140 valence electrons. The summed E-state index contributed by atoms with van der Waals surface area (Å²) in [5, 5.41) is 4.45. The molecule has 2 aromatic rings. The molecular weight excluding hydrogens is 330 g/mol. The lowest BCUT2D eigenvalue weighted by Crippen LogP contribution is -2.42. The van der Waals surface area contributed by atoms with E-state index >= 15 is 0 Å². The van der Waals surface area contributed by atoms with Gasteiger partial charge < -0.3 is 14.4 Å². The number of hydrogen-bond acceptors (Lipinski definition) is 4. The van der Waals surface area contributed by atoms with Crippen LogP contribution in [0.1, 0.15) is 48.8 Å². The summed E-state index contributed by atoms with van der Waals surface area (Å²) in [6.45, 7) is 5.52. The first-order valence-electron chi connectivity index (χ1n) is 9.12. The van der Waals surface area contributed by atoms with Gasteiger partial charge in [0.1, 0.15) is 11.8 Å². The zero-order valence-corrected chi connectivity index (χ0v) is 15.9. The molecule has 1 saturated heterocycles. The van der Waals surface area contributed by atoms with Crippen LogP contribution in [-0.4, -0.2) is 46.9 Å². The van der Waals surface area contributed by atoms with Gasteiger partial charge in [-0.2, -0.15) is 5.10 Å². The molecule has 6 nitrogen and oxygen atoms in total. The van der Waals surface area contributed by atoms with Crippen molar-refractivity contribution in [2.45, 2.75) is 38.7 Å². The van der Waals surface area contributed by atoms with Crippen LogP contribution in [0.15, 0.2) is 30.3 Å². The highest BCUT2D eigenvalue weighted by molar-refractivity contribution is 5.92. The number of carbonyl (C=O) groups is 1. The fourth-order valence-electron chi connectivity index (χ4n) is 3.21. The molecule has 0 radical (unpaired) electrons. The molecule has 0 N–H and O–H groups in total. The minimum Gasteiger partial charge on any atom is -0.493 e. The monoisotopic (exact) mass is 357 g/mol. The highest BCUT2D eigenvalue weighted by Gasteiger charge is 2.27. The summed E-state index contributed by atoms with van der Waals surface area (Å²) >= 11 is 0. The van der Waals surface area contributed by atoms with E-state index in [0.29, 0.717) is 24.7 Å². The molecule has 1 aliphatic rings. The number of methoxy groups -OCH3 is 1. The Hall–Kier alpha value is -2.50. The molecule has 1 aliphatic heterocycles. The molecule has 0 saturated carbocycles. The molecule has 1 aromatic carbocycles. The van der Waals surface area contributed by atoms with E-state index in [1.807, 2.05) is 42.3 Å². The quantitative estimate of drug-likeness (QED) is 0.824. The molecular formula is C20H27N3O3. The van der Waals surface area contributed by atoms with Crippen LogP contribution in [0.4, 0.5) is 0 Å². The van der Waals surface area contributed by atoms with Crippen LogP contribution in [0.3, 0.4) is 0 Å². The first-order valence-corrected chi connectivity index (χ1v) is 9.12. The number of likely N-dealkylation sites (tertiary alicyclic amines) is 1. The molecule has 2 heterocycles. The summed E-state index contributed by atoms with van der Waals surface area (Å²) in [6.07, 6.45) is 1.70. The lowest BCUT2D eigenvalue weighted by atomic mass is 10.1. The van der Waals surface area contributed by atoms with Crippen molar-refractivity contribution in [1.29, 1.82) is 0 Å². The predicted molar refractivity (Wildman–Crippen MR) is 99.8 cm³/mol. The number of amides is 1. The van der Waals surface area contributed by atoms with Crippen LogP contribution in [0.5, 0.6) is 11.5 Å². The average Bonchev–Trinajstić information content (AvgIpc) is 3.04. The second-order valence-corrected chi connectivity index (χ2v) is 6.99. The number of para-hydroxylation sites is 2. The standard InChI is InChI=1S/C20H27N3O3/c1-14(2)16-13-17(22(3)21-16)20(24)23-11-9-15(10-12-23)26-19-8-6-5-7-18(19)25-4/h5-8,13-15H,9-12H2,1-4H3. The van der Waals surface area contributed by atoms with Crippen molar-refractivity contribution in [2.75, 3.05) is 20.2 Å². The summed E-state index contributed by atoms with van der Waals surface area (Å²) in [5.74, 6) is 1.85. The minimum atomic E-state index is 0.0441.